The van der Waals surface area contributed by atoms with Gasteiger partial charge < -0.3 is 49.3 Å². The minimum atomic E-state index is -0.649. The molecule has 4 fully saturated rings. The first kappa shape index (κ1) is 66.2. The number of hydrogen-bond acceptors (Lipinski definition) is 16. The van der Waals surface area contributed by atoms with E-state index in [4.69, 9.17) is 18.9 Å². The molecule has 0 unspecified atom stereocenters. The van der Waals surface area contributed by atoms with Gasteiger partial charge in [0.25, 0.3) is 11.1 Å². The van der Waals surface area contributed by atoms with E-state index in [9.17, 15) is 37.5 Å². The van der Waals surface area contributed by atoms with E-state index in [2.05, 4.69) is 54.0 Å². The molecule has 6 atom stereocenters. The van der Waals surface area contributed by atoms with Crippen molar-refractivity contribution in [1.29, 1.82) is 0 Å². The maximum atomic E-state index is 14.4. The summed E-state index contributed by atoms with van der Waals surface area (Å²) in [5.41, 5.74) is 4.63. The average molecular weight is 1290 g/mol. The number of Topliss-reactive ketones (excluding diaryl/α,β-unsaturated/α-hetero) is 2. The molecular weight excluding hydrogens is 1200 g/mol. The van der Waals surface area contributed by atoms with Gasteiger partial charge in [0.15, 0.2) is 0 Å². The van der Waals surface area contributed by atoms with Crippen LogP contribution in [0.25, 0.3) is 0 Å². The van der Waals surface area contributed by atoms with Crippen molar-refractivity contribution in [2.75, 3.05) is 128 Å². The lowest BCUT2D eigenvalue weighted by Crippen LogP contribution is -2.61. The summed E-state index contributed by atoms with van der Waals surface area (Å²) in [7, 11) is 0. The van der Waals surface area contributed by atoms with Crippen molar-refractivity contribution < 1.29 is 46.9 Å². The number of nitrogens with one attached hydrogen (secondary N) is 4. The molecule has 6 aliphatic heterocycles. The predicted octanol–water partition coefficient (Wildman–Crippen LogP) is 5.72. The van der Waals surface area contributed by atoms with E-state index in [-0.39, 0.29) is 108 Å². The molecular formula is C72H86F2N10O10. The number of morpholine rings is 2. The Hall–Kier alpha value is -7.80. The normalized spacial score (nSPS) is 23.2. The lowest BCUT2D eigenvalue weighted by Gasteiger charge is -2.43. The fourth-order valence-electron chi connectivity index (χ4n) is 14.1. The molecule has 498 valence electrons. The number of carbonyl (C=O) groups excluding carboxylic acids is 4. The highest BCUT2D eigenvalue weighted by Gasteiger charge is 2.43. The number of H-pyrrole nitrogens is 2. The number of ketones is 2. The minimum absolute atomic E-state index is 0.0387. The van der Waals surface area contributed by atoms with E-state index in [1.54, 1.807) is 72.8 Å². The number of nitrogens with zero attached hydrogens (tertiary/aromatic N) is 6. The zero-order valence-electron chi connectivity index (χ0n) is 54.5. The van der Waals surface area contributed by atoms with Gasteiger partial charge in [0.2, 0.25) is 23.4 Å². The Labute approximate surface area is 546 Å². The largest absolute Gasteiger partial charge is 0.491 e. The molecule has 8 heterocycles. The van der Waals surface area contributed by atoms with Gasteiger partial charge in [-0.3, -0.25) is 48.4 Å². The van der Waals surface area contributed by atoms with Gasteiger partial charge in [-0.25, -0.2) is 8.78 Å². The lowest BCUT2D eigenvalue weighted by molar-refractivity contribution is -0.121. The molecule has 6 aromatic rings. The van der Waals surface area contributed by atoms with E-state index in [1.165, 1.54) is 24.3 Å². The number of rotatable bonds is 21. The van der Waals surface area contributed by atoms with Gasteiger partial charge in [0.1, 0.15) is 48.6 Å². The van der Waals surface area contributed by atoms with Crippen molar-refractivity contribution in [2.45, 2.75) is 102 Å². The van der Waals surface area contributed by atoms with Crippen molar-refractivity contribution in [1.82, 2.24) is 40.2 Å². The van der Waals surface area contributed by atoms with Gasteiger partial charge in [0.05, 0.1) is 37.7 Å². The van der Waals surface area contributed by atoms with Crippen LogP contribution in [0.5, 0.6) is 11.5 Å². The van der Waals surface area contributed by atoms with Gasteiger partial charge in [-0.2, -0.15) is 0 Å². The average Bonchev–Trinajstić information content (AvgIpc) is 1.61. The Bertz CT molecular complexity index is 3600. The summed E-state index contributed by atoms with van der Waals surface area (Å²) in [6.45, 7) is 22.1. The molecule has 0 radical (unpaired) electrons. The number of anilines is 2. The molecule has 2 amide bonds. The summed E-state index contributed by atoms with van der Waals surface area (Å²) < 4.78 is 52.0. The molecule has 4 saturated heterocycles. The van der Waals surface area contributed by atoms with Crippen LogP contribution in [-0.4, -0.2) is 207 Å². The highest BCUT2D eigenvalue weighted by atomic mass is 19.1. The van der Waals surface area contributed by atoms with Gasteiger partial charge in [-0.05, 0) is 110 Å². The number of piperazine rings is 2. The van der Waals surface area contributed by atoms with Crippen molar-refractivity contribution in [3.63, 3.8) is 0 Å². The molecule has 0 saturated carbocycles. The fraction of sp³-hybridized carbons (Fsp3) is 0.472. The Morgan fingerprint density at radius 3 is 1.31 bits per heavy atom. The summed E-state index contributed by atoms with van der Waals surface area (Å²) in [5.74, 6) is -0.998. The first-order chi connectivity index (χ1) is 45.1. The molecule has 0 aliphatic carbocycles. The van der Waals surface area contributed by atoms with Crippen LogP contribution in [0.2, 0.25) is 0 Å². The number of fused-ring (bicyclic) bond motifs is 2. The Balaban J connectivity index is 0.587. The monoisotopic (exact) mass is 1290 g/mol. The van der Waals surface area contributed by atoms with E-state index < -0.39 is 22.4 Å². The smallest absolute Gasteiger partial charge is 0.251 e. The number of amides is 2. The Morgan fingerprint density at radius 2 is 0.926 bits per heavy atom. The number of aromatic amines is 2. The van der Waals surface area contributed by atoms with Crippen molar-refractivity contribution >= 4 is 34.8 Å². The summed E-state index contributed by atoms with van der Waals surface area (Å²) in [6.07, 6.45) is 0.155. The number of aromatic nitrogens is 2. The number of halogens is 2. The molecule has 12 rings (SSSR count). The molecule has 94 heavy (non-hydrogen) atoms. The molecule has 20 nitrogen and oxygen atoms in total. The maximum Gasteiger partial charge on any atom is 0.251 e. The number of ether oxygens (including phenoxy) is 4. The summed E-state index contributed by atoms with van der Waals surface area (Å²) in [6, 6.07) is 29.4. The SMILES string of the molecule is C[C@@H]1CN(CC(=O)N2CC(C)(C)c3[nH]c(=O)c(Cc4ccc(F)cc4)cc32)[C@@H](CN2CCO[C@H](COc3ccc(C(=O)C(=O)c4ccc(OC[C@@H]5CN(C[C@H]6CN[C@H](C)CN6CC(=O)N6CC(C)(C)c7[nH]c(=O)c(Cc8ccc(F)cc8)cc76)CCO5)cc4)cc3)C2)CN1. The fourth-order valence-corrected chi connectivity index (χ4v) is 14.1. The Kier molecular flexibility index (Phi) is 19.9. The third-order valence-corrected chi connectivity index (χ3v) is 19.3. The summed E-state index contributed by atoms with van der Waals surface area (Å²) in [4.78, 5) is 101. The van der Waals surface area contributed by atoms with E-state index in [1.807, 2.05) is 49.6 Å². The number of benzene rings is 4. The molecule has 4 N–H and O–H groups in total. The van der Waals surface area contributed by atoms with Crippen LogP contribution in [0, 0.1) is 11.6 Å². The number of pyridine rings is 2. The molecule has 22 heteroatoms. The number of carbonyl (C=O) groups is 4. The van der Waals surface area contributed by atoms with Gasteiger partial charge in [0, 0.05) is 160 Å². The topological polar surface area (TPSA) is 214 Å². The molecule has 0 spiro atoms. The summed E-state index contributed by atoms with van der Waals surface area (Å²) >= 11 is 0. The molecule has 0 bridgehead atoms. The van der Waals surface area contributed by atoms with Gasteiger partial charge in [-0.15, -0.1) is 0 Å². The van der Waals surface area contributed by atoms with Crippen LogP contribution in [0.4, 0.5) is 20.2 Å². The van der Waals surface area contributed by atoms with Crippen LogP contribution < -0.4 is 41.0 Å². The van der Waals surface area contributed by atoms with Crippen LogP contribution in [0.1, 0.15) is 95.9 Å². The molecule has 4 aromatic carbocycles. The van der Waals surface area contributed by atoms with Crippen molar-refractivity contribution in [2.24, 2.45) is 0 Å². The zero-order chi connectivity index (χ0) is 66.0. The van der Waals surface area contributed by atoms with Crippen LogP contribution in [0.3, 0.4) is 0 Å². The van der Waals surface area contributed by atoms with E-state index >= 15 is 0 Å². The second-order valence-corrected chi connectivity index (χ2v) is 27.7. The minimum Gasteiger partial charge on any atom is -0.491 e. The highest BCUT2D eigenvalue weighted by Crippen LogP contribution is 2.41. The van der Waals surface area contributed by atoms with Crippen molar-refractivity contribution in [3.8, 4) is 11.5 Å². The highest BCUT2D eigenvalue weighted by molar-refractivity contribution is 6.49. The zero-order valence-corrected chi connectivity index (χ0v) is 54.5. The maximum absolute atomic E-state index is 14.4. The molecule has 2 aromatic heterocycles. The lowest BCUT2D eigenvalue weighted by atomic mass is 9.91. The standard InChI is InChI=1S/C72H86F2N10O10/c1-45-33-81(39-63(85)83-43-71(3,4)67-61(83)29-51(69(89)77-67)27-47-7-15-53(73)16-8-47)55(31-75-45)35-79-23-25-91-59(37-79)41-93-57-19-11-49(12-20-57)65(87)66(88)50-13-21-58(22-14-50)94-42-60-38-80(24-26-92-60)36-56-32-76-46(2)34-82(56)40-64(86)84-44-72(5,6)68-62(84)30-52(70(90)78-68)28-48-9-17-54(74)18-10-48/h7-22,29-30,45-46,55-56,59-60,75-76H,23-28,31-44H2,1-6H3,(H,77,89)(H,78,90)/t45-,46-,55-,56-,59+,60+/m1/s1. The summed E-state index contributed by atoms with van der Waals surface area (Å²) in [5, 5.41) is 7.22. The number of hydrogen-bond donors (Lipinski definition) is 4. The van der Waals surface area contributed by atoms with Crippen molar-refractivity contribution in [3.05, 3.63) is 186 Å². The predicted molar refractivity (Wildman–Crippen MR) is 354 cm³/mol. The third kappa shape index (κ3) is 15.5. The first-order valence-corrected chi connectivity index (χ1v) is 32.9. The van der Waals surface area contributed by atoms with E-state index in [0.717, 1.165) is 35.6 Å². The van der Waals surface area contributed by atoms with Crippen LogP contribution in [-0.2, 0) is 42.7 Å². The van der Waals surface area contributed by atoms with Gasteiger partial charge >= 0.3 is 0 Å². The Morgan fingerprint density at radius 1 is 0.543 bits per heavy atom. The van der Waals surface area contributed by atoms with Crippen LogP contribution in [0.15, 0.2) is 119 Å². The molecule has 6 aliphatic rings. The second-order valence-electron chi connectivity index (χ2n) is 27.7. The quantitative estimate of drug-likeness (QED) is 0.0501. The first-order valence-electron chi connectivity index (χ1n) is 32.9. The van der Waals surface area contributed by atoms with Crippen LogP contribution >= 0.6 is 0 Å². The van der Waals surface area contributed by atoms with E-state index in [0.29, 0.717) is 126 Å². The third-order valence-electron chi connectivity index (χ3n) is 19.3. The van der Waals surface area contributed by atoms with Gasteiger partial charge in [-0.1, -0.05) is 52.0 Å². The second kappa shape index (κ2) is 28.3.